The van der Waals surface area contributed by atoms with Crippen molar-refractivity contribution in [1.29, 1.82) is 0 Å². The largest absolute Gasteiger partial charge is 0.494 e. The molecule has 0 radical (unpaired) electrons. The molecule has 38 heavy (non-hydrogen) atoms. The van der Waals surface area contributed by atoms with E-state index in [2.05, 4.69) is 30.4 Å². The van der Waals surface area contributed by atoms with Gasteiger partial charge in [-0.3, -0.25) is 0 Å². The van der Waals surface area contributed by atoms with Crippen molar-refractivity contribution in [2.24, 2.45) is 5.92 Å². The van der Waals surface area contributed by atoms with Crippen molar-refractivity contribution < 1.29 is 14.3 Å². The maximum Gasteiger partial charge on any atom is 0.344 e. The van der Waals surface area contributed by atoms with Gasteiger partial charge in [0.05, 0.1) is 30.3 Å². The van der Waals surface area contributed by atoms with Crippen molar-refractivity contribution in [2.45, 2.75) is 78.1 Å². The Kier molecular flexibility index (Phi) is 12.5. The molecule has 0 aliphatic rings. The van der Waals surface area contributed by atoms with Crippen LogP contribution in [-0.2, 0) is 6.42 Å². The third-order valence-electron chi connectivity index (χ3n) is 6.85. The summed E-state index contributed by atoms with van der Waals surface area (Å²) in [6.07, 6.45) is 16.8. The molecule has 0 unspecified atom stereocenters. The Bertz CT molecular complexity index is 1090. The van der Waals surface area contributed by atoms with Crippen LogP contribution in [0.2, 0.25) is 0 Å². The highest BCUT2D eigenvalue weighted by molar-refractivity contribution is 5.90. The molecule has 1 aromatic heterocycles. The molecule has 0 N–H and O–H groups in total. The average molecular weight is 515 g/mol. The van der Waals surface area contributed by atoms with Crippen LogP contribution in [0.15, 0.2) is 73.6 Å². The number of aromatic nitrogens is 2. The molecule has 0 saturated heterocycles. The van der Waals surface area contributed by atoms with E-state index in [0.29, 0.717) is 11.3 Å². The van der Waals surface area contributed by atoms with Crippen molar-refractivity contribution in [3.05, 3.63) is 84.7 Å². The number of carbonyl (C=O) groups excluding carboxylic acids is 1. The molecule has 3 aromatic rings. The molecule has 0 spiro atoms. The monoisotopic (exact) mass is 514 g/mol. The fourth-order valence-corrected chi connectivity index (χ4v) is 4.18. The summed E-state index contributed by atoms with van der Waals surface area (Å²) in [5, 5.41) is 0. The Hall–Kier alpha value is -3.47. The fraction of sp³-hybridized carbons (Fsp3) is 0.424. The Labute approximate surface area is 228 Å². The number of unbranched alkanes of at least 4 members (excludes halogenated alkanes) is 5. The smallest absolute Gasteiger partial charge is 0.344 e. The molecule has 0 saturated carbocycles. The highest BCUT2D eigenvalue weighted by Gasteiger charge is 2.11. The van der Waals surface area contributed by atoms with Gasteiger partial charge in [-0.25, -0.2) is 14.8 Å². The first-order valence-corrected chi connectivity index (χ1v) is 14.1. The van der Waals surface area contributed by atoms with Gasteiger partial charge in [0.1, 0.15) is 5.75 Å². The molecule has 2 aromatic carbocycles. The lowest BCUT2D eigenvalue weighted by Crippen LogP contribution is -2.09. The van der Waals surface area contributed by atoms with Gasteiger partial charge in [0, 0.05) is 5.56 Å². The van der Waals surface area contributed by atoms with E-state index in [-0.39, 0.29) is 5.88 Å². The summed E-state index contributed by atoms with van der Waals surface area (Å²) in [6.45, 7) is 8.98. The summed E-state index contributed by atoms with van der Waals surface area (Å²) < 4.78 is 11.3. The molecular formula is C33H42N2O3. The van der Waals surface area contributed by atoms with Gasteiger partial charge in [0.15, 0.2) is 0 Å². The van der Waals surface area contributed by atoms with E-state index in [1.54, 1.807) is 6.20 Å². The van der Waals surface area contributed by atoms with Gasteiger partial charge in [-0.1, -0.05) is 57.7 Å². The fourth-order valence-electron chi connectivity index (χ4n) is 4.18. The number of aryl methyl sites for hydroxylation is 1. The van der Waals surface area contributed by atoms with Crippen LogP contribution in [-0.4, -0.2) is 22.5 Å². The number of carbonyl (C=O) groups is 1. The van der Waals surface area contributed by atoms with Crippen LogP contribution in [0.1, 0.15) is 87.6 Å². The second-order valence-electron chi connectivity index (χ2n) is 9.95. The number of rotatable bonds is 17. The molecule has 0 aliphatic carbocycles. The van der Waals surface area contributed by atoms with Crippen LogP contribution < -0.4 is 9.47 Å². The standard InChI is InChI=1S/C33H42N2O3/c1-4-6-7-8-9-10-11-14-27-15-17-29(18-16-27)33(36)38-32-25-34-31(24-35-32)28-19-21-30(22-20-28)37-23-12-13-26(3)5-2/h4,15-22,24-26H,1,5-14,23H2,2-3H3/t26-/m0/s1. The van der Waals surface area contributed by atoms with E-state index in [1.807, 2.05) is 54.6 Å². The maximum absolute atomic E-state index is 12.6. The lowest BCUT2D eigenvalue weighted by Gasteiger charge is -2.10. The molecule has 0 aliphatic heterocycles. The van der Waals surface area contributed by atoms with Crippen LogP contribution in [0.5, 0.6) is 11.6 Å². The normalized spacial score (nSPS) is 11.6. The Morgan fingerprint density at radius 3 is 2.34 bits per heavy atom. The SMILES string of the molecule is C=CCCCCCCCc1ccc(C(=O)Oc2cnc(-c3ccc(OCCC[C@@H](C)CC)cc3)cn2)cc1. The Balaban J connectivity index is 1.42. The second kappa shape index (κ2) is 16.4. The lowest BCUT2D eigenvalue weighted by atomic mass is 10.0. The van der Waals surface area contributed by atoms with Crippen LogP contribution >= 0.6 is 0 Å². The van der Waals surface area contributed by atoms with Crippen molar-refractivity contribution in [3.8, 4) is 22.9 Å². The minimum absolute atomic E-state index is 0.181. The quantitative estimate of drug-likeness (QED) is 0.102. The third-order valence-corrected chi connectivity index (χ3v) is 6.85. The predicted molar refractivity (Wildman–Crippen MR) is 155 cm³/mol. The Morgan fingerprint density at radius 1 is 0.921 bits per heavy atom. The number of allylic oxidation sites excluding steroid dienone is 1. The minimum atomic E-state index is -0.435. The number of benzene rings is 2. The van der Waals surface area contributed by atoms with Gasteiger partial charge in [-0.05, 0) is 86.4 Å². The average Bonchev–Trinajstić information content (AvgIpc) is 2.96. The molecule has 202 valence electrons. The maximum atomic E-state index is 12.6. The van der Waals surface area contributed by atoms with Crippen molar-refractivity contribution in [1.82, 2.24) is 9.97 Å². The number of hydrogen-bond donors (Lipinski definition) is 0. The zero-order valence-electron chi connectivity index (χ0n) is 23.0. The van der Waals surface area contributed by atoms with Gasteiger partial charge >= 0.3 is 5.97 Å². The van der Waals surface area contributed by atoms with Crippen LogP contribution in [0, 0.1) is 5.92 Å². The van der Waals surface area contributed by atoms with Crippen LogP contribution in [0.4, 0.5) is 0 Å². The summed E-state index contributed by atoms with van der Waals surface area (Å²) in [7, 11) is 0. The highest BCUT2D eigenvalue weighted by Crippen LogP contribution is 2.22. The van der Waals surface area contributed by atoms with E-state index in [1.165, 1.54) is 50.3 Å². The van der Waals surface area contributed by atoms with E-state index in [4.69, 9.17) is 9.47 Å². The van der Waals surface area contributed by atoms with Gasteiger partial charge in [-0.2, -0.15) is 0 Å². The first-order valence-electron chi connectivity index (χ1n) is 14.1. The Morgan fingerprint density at radius 2 is 1.66 bits per heavy atom. The molecule has 3 rings (SSSR count). The number of ether oxygens (including phenoxy) is 2. The highest BCUT2D eigenvalue weighted by atomic mass is 16.5. The number of nitrogens with zero attached hydrogens (tertiary/aromatic N) is 2. The van der Waals surface area contributed by atoms with Crippen LogP contribution in [0.3, 0.4) is 0 Å². The molecular weight excluding hydrogens is 472 g/mol. The molecule has 0 amide bonds. The van der Waals surface area contributed by atoms with Gasteiger partial charge in [0.25, 0.3) is 0 Å². The molecule has 5 nitrogen and oxygen atoms in total. The van der Waals surface area contributed by atoms with E-state index in [9.17, 15) is 4.79 Å². The lowest BCUT2D eigenvalue weighted by molar-refractivity contribution is 0.0727. The summed E-state index contributed by atoms with van der Waals surface area (Å²) >= 11 is 0. The zero-order valence-corrected chi connectivity index (χ0v) is 23.0. The molecule has 0 fully saturated rings. The first-order chi connectivity index (χ1) is 18.6. The number of hydrogen-bond acceptors (Lipinski definition) is 5. The first kappa shape index (κ1) is 29.1. The van der Waals surface area contributed by atoms with Crippen molar-refractivity contribution in [3.63, 3.8) is 0 Å². The summed E-state index contributed by atoms with van der Waals surface area (Å²) in [5.41, 5.74) is 3.37. The topological polar surface area (TPSA) is 61.3 Å². The predicted octanol–water partition coefficient (Wildman–Crippen LogP) is 8.64. The zero-order chi connectivity index (χ0) is 27.0. The van der Waals surface area contributed by atoms with Gasteiger partial charge in [-0.15, -0.1) is 6.58 Å². The molecule has 1 heterocycles. The van der Waals surface area contributed by atoms with E-state index in [0.717, 1.165) is 49.5 Å². The third kappa shape index (κ3) is 10.1. The summed E-state index contributed by atoms with van der Waals surface area (Å²) in [4.78, 5) is 21.3. The van der Waals surface area contributed by atoms with Crippen LogP contribution in [0.25, 0.3) is 11.3 Å². The van der Waals surface area contributed by atoms with E-state index >= 15 is 0 Å². The molecule has 1 atom stereocenters. The van der Waals surface area contributed by atoms with Gasteiger partial charge < -0.3 is 9.47 Å². The molecule has 0 bridgehead atoms. The number of esters is 1. The van der Waals surface area contributed by atoms with Crippen molar-refractivity contribution >= 4 is 5.97 Å². The second-order valence-corrected chi connectivity index (χ2v) is 9.95. The summed E-state index contributed by atoms with van der Waals surface area (Å²) in [5.74, 6) is 1.34. The summed E-state index contributed by atoms with van der Waals surface area (Å²) in [6, 6.07) is 15.5. The van der Waals surface area contributed by atoms with Crippen molar-refractivity contribution in [2.75, 3.05) is 6.61 Å². The van der Waals surface area contributed by atoms with E-state index < -0.39 is 5.97 Å². The van der Waals surface area contributed by atoms with Gasteiger partial charge in [0.2, 0.25) is 5.88 Å². The molecule has 5 heteroatoms. The minimum Gasteiger partial charge on any atom is -0.494 e.